The third-order valence-corrected chi connectivity index (χ3v) is 3.42. The van der Waals surface area contributed by atoms with Gasteiger partial charge < -0.3 is 15.3 Å². The van der Waals surface area contributed by atoms with Gasteiger partial charge >= 0.3 is 11.1 Å². The molecule has 0 aliphatic heterocycles. The minimum atomic E-state index is -0.617. The van der Waals surface area contributed by atoms with Crippen molar-refractivity contribution >= 4 is 11.0 Å². The summed E-state index contributed by atoms with van der Waals surface area (Å²) in [7, 11) is 0. The number of hydrogen-bond acceptors (Lipinski definition) is 3. The molecule has 5 heteroatoms. The zero-order chi connectivity index (χ0) is 15.6. The zero-order valence-corrected chi connectivity index (χ0v) is 13.0. The number of nitrogens with one attached hydrogen (secondary N) is 3. The Hall–Kier alpha value is -1.88. The highest BCUT2D eigenvalue weighted by Crippen LogP contribution is 2.30. The lowest BCUT2D eigenvalue weighted by molar-refractivity contribution is 0.314. The molecule has 0 radical (unpaired) electrons. The first-order chi connectivity index (χ1) is 9.80. The summed E-state index contributed by atoms with van der Waals surface area (Å²) in [5.41, 5.74) is 1.38. The molecule has 0 aliphatic carbocycles. The molecule has 0 saturated carbocycles. The molecule has 5 nitrogen and oxygen atoms in total. The fourth-order valence-electron chi connectivity index (χ4n) is 2.52. The molecule has 0 aliphatic rings. The van der Waals surface area contributed by atoms with Crippen LogP contribution in [0.15, 0.2) is 27.8 Å². The van der Waals surface area contributed by atoms with Crippen LogP contribution in [0, 0.1) is 5.41 Å². The van der Waals surface area contributed by atoms with Gasteiger partial charge in [-0.2, -0.15) is 0 Å². The minimum Gasteiger partial charge on any atom is -0.316 e. The summed E-state index contributed by atoms with van der Waals surface area (Å²) in [4.78, 5) is 28.0. The molecule has 0 amide bonds. The number of benzene rings is 1. The van der Waals surface area contributed by atoms with Gasteiger partial charge in [-0.3, -0.25) is 9.59 Å². The van der Waals surface area contributed by atoms with E-state index in [1.807, 2.05) is 18.2 Å². The maximum Gasteiger partial charge on any atom is 0.314 e. The Labute approximate surface area is 123 Å². The van der Waals surface area contributed by atoms with Gasteiger partial charge in [0.05, 0.1) is 11.0 Å². The maximum atomic E-state index is 11.5. The third kappa shape index (κ3) is 3.82. The van der Waals surface area contributed by atoms with E-state index in [0.29, 0.717) is 11.0 Å². The molecule has 3 N–H and O–H groups in total. The van der Waals surface area contributed by atoms with E-state index in [2.05, 4.69) is 43.0 Å². The lowest BCUT2D eigenvalue weighted by atomic mass is 9.85. The van der Waals surface area contributed by atoms with Crippen LogP contribution in [-0.2, 0) is 0 Å². The van der Waals surface area contributed by atoms with Crippen molar-refractivity contribution in [3.63, 3.8) is 0 Å². The average Bonchev–Trinajstić information content (AvgIpc) is 2.37. The molecule has 114 valence electrons. The second-order valence-corrected chi connectivity index (χ2v) is 6.59. The zero-order valence-electron chi connectivity index (χ0n) is 13.0. The van der Waals surface area contributed by atoms with Gasteiger partial charge in [0, 0.05) is 6.04 Å². The first-order valence-electron chi connectivity index (χ1n) is 7.30. The molecule has 1 aromatic heterocycles. The van der Waals surface area contributed by atoms with E-state index in [1.165, 1.54) is 0 Å². The van der Waals surface area contributed by atoms with Gasteiger partial charge in [-0.15, -0.1) is 0 Å². The normalized spacial score (nSPS) is 13.5. The van der Waals surface area contributed by atoms with Crippen molar-refractivity contribution < 1.29 is 0 Å². The highest BCUT2D eigenvalue weighted by atomic mass is 16.2. The van der Waals surface area contributed by atoms with Crippen molar-refractivity contribution in [2.75, 3.05) is 6.54 Å². The molecule has 1 heterocycles. The topological polar surface area (TPSA) is 77.8 Å². The Morgan fingerprint density at radius 1 is 1.10 bits per heavy atom. The first-order valence-corrected chi connectivity index (χ1v) is 7.30. The molecule has 2 aromatic rings. The smallest absolute Gasteiger partial charge is 0.314 e. The molecule has 21 heavy (non-hydrogen) atoms. The summed E-state index contributed by atoms with van der Waals surface area (Å²) in [6, 6.07) is 5.99. The van der Waals surface area contributed by atoms with Crippen LogP contribution in [0.4, 0.5) is 0 Å². The van der Waals surface area contributed by atoms with Gasteiger partial charge in [-0.1, -0.05) is 33.8 Å². The predicted octanol–water partition coefficient (Wildman–Crippen LogP) is 2.30. The minimum absolute atomic E-state index is 0.195. The second-order valence-electron chi connectivity index (χ2n) is 6.59. The Balaban J connectivity index is 2.46. The first kappa shape index (κ1) is 15.5. The third-order valence-electron chi connectivity index (χ3n) is 3.42. The van der Waals surface area contributed by atoms with Crippen molar-refractivity contribution in [3.8, 4) is 0 Å². The standard InChI is InChI=1S/C16H23N3O2/c1-5-17-13(9-16(2,3)4)10-6-7-11-12(8-10)19-15(21)14(20)18-11/h6-8,13,17H,5,9H2,1-4H3,(H,18,20)(H,19,21). The largest absolute Gasteiger partial charge is 0.316 e. The lowest BCUT2D eigenvalue weighted by Gasteiger charge is -2.27. The van der Waals surface area contributed by atoms with Gasteiger partial charge in [-0.25, -0.2) is 0 Å². The number of H-pyrrole nitrogens is 2. The van der Waals surface area contributed by atoms with Crippen LogP contribution in [-0.4, -0.2) is 16.5 Å². The van der Waals surface area contributed by atoms with Crippen LogP contribution in [0.1, 0.15) is 45.7 Å². The second kappa shape index (κ2) is 5.85. The molecule has 0 fully saturated rings. The molecule has 2 rings (SSSR count). The summed E-state index contributed by atoms with van der Waals surface area (Å²) < 4.78 is 0. The molecular formula is C16H23N3O2. The summed E-state index contributed by atoms with van der Waals surface area (Å²) >= 11 is 0. The molecule has 0 saturated heterocycles. The van der Waals surface area contributed by atoms with Crippen molar-refractivity contribution in [3.05, 3.63) is 44.5 Å². The molecule has 0 bridgehead atoms. The van der Waals surface area contributed by atoms with E-state index >= 15 is 0 Å². The number of hydrogen-bond donors (Lipinski definition) is 3. The summed E-state index contributed by atoms with van der Waals surface area (Å²) in [5, 5.41) is 3.48. The van der Waals surface area contributed by atoms with Crippen LogP contribution in [0.3, 0.4) is 0 Å². The average molecular weight is 289 g/mol. The molecule has 1 unspecified atom stereocenters. The van der Waals surface area contributed by atoms with Crippen molar-refractivity contribution in [2.45, 2.75) is 40.2 Å². The summed E-state index contributed by atoms with van der Waals surface area (Å²) in [5.74, 6) is 0. The SMILES string of the molecule is CCNC(CC(C)(C)C)c1ccc2[nH]c(=O)c(=O)[nH]c2c1. The fraction of sp³-hybridized carbons (Fsp3) is 0.500. The Morgan fingerprint density at radius 3 is 2.29 bits per heavy atom. The number of fused-ring (bicyclic) bond motifs is 1. The number of aromatic amines is 2. The summed E-state index contributed by atoms with van der Waals surface area (Å²) in [6.45, 7) is 9.57. The monoisotopic (exact) mass is 289 g/mol. The van der Waals surface area contributed by atoms with Crippen LogP contribution in [0.25, 0.3) is 11.0 Å². The number of aromatic nitrogens is 2. The van der Waals surface area contributed by atoms with Crippen LogP contribution in [0.5, 0.6) is 0 Å². The van der Waals surface area contributed by atoms with Crippen LogP contribution < -0.4 is 16.4 Å². The summed E-state index contributed by atoms with van der Waals surface area (Å²) in [6.07, 6.45) is 0.986. The molecular weight excluding hydrogens is 266 g/mol. The van der Waals surface area contributed by atoms with E-state index < -0.39 is 11.1 Å². The maximum absolute atomic E-state index is 11.5. The van der Waals surface area contributed by atoms with Gasteiger partial charge in [0.2, 0.25) is 0 Å². The molecule has 1 aromatic carbocycles. The Bertz CT molecular complexity index is 737. The van der Waals surface area contributed by atoms with E-state index in [1.54, 1.807) is 0 Å². The van der Waals surface area contributed by atoms with Gasteiger partial charge in [0.1, 0.15) is 0 Å². The highest BCUT2D eigenvalue weighted by molar-refractivity contribution is 5.74. The quantitative estimate of drug-likeness (QED) is 0.756. The van der Waals surface area contributed by atoms with Crippen LogP contribution in [0.2, 0.25) is 0 Å². The Kier molecular flexibility index (Phi) is 4.32. The van der Waals surface area contributed by atoms with Crippen molar-refractivity contribution in [1.82, 2.24) is 15.3 Å². The number of rotatable bonds is 4. The van der Waals surface area contributed by atoms with Gasteiger partial charge in [-0.05, 0) is 36.1 Å². The molecule has 1 atom stereocenters. The predicted molar refractivity (Wildman–Crippen MR) is 85.7 cm³/mol. The van der Waals surface area contributed by atoms with E-state index in [0.717, 1.165) is 18.5 Å². The van der Waals surface area contributed by atoms with E-state index in [4.69, 9.17) is 0 Å². The van der Waals surface area contributed by atoms with Crippen LogP contribution >= 0.6 is 0 Å². The van der Waals surface area contributed by atoms with Gasteiger partial charge in [0.25, 0.3) is 0 Å². The van der Waals surface area contributed by atoms with Crippen molar-refractivity contribution in [1.29, 1.82) is 0 Å². The van der Waals surface area contributed by atoms with E-state index in [-0.39, 0.29) is 11.5 Å². The lowest BCUT2D eigenvalue weighted by Crippen LogP contribution is -2.29. The van der Waals surface area contributed by atoms with Gasteiger partial charge in [0.15, 0.2) is 0 Å². The highest BCUT2D eigenvalue weighted by Gasteiger charge is 2.19. The molecule has 0 spiro atoms. The van der Waals surface area contributed by atoms with E-state index in [9.17, 15) is 9.59 Å². The Morgan fingerprint density at radius 2 is 1.71 bits per heavy atom. The fourth-order valence-corrected chi connectivity index (χ4v) is 2.52. The van der Waals surface area contributed by atoms with Crippen molar-refractivity contribution in [2.24, 2.45) is 5.41 Å².